The van der Waals surface area contributed by atoms with Crippen LogP contribution in [0, 0.1) is 0 Å². The van der Waals surface area contributed by atoms with Crippen molar-refractivity contribution >= 4 is 11.9 Å². The lowest BCUT2D eigenvalue weighted by atomic mass is 9.88. The molecule has 0 bridgehead atoms. The van der Waals surface area contributed by atoms with Gasteiger partial charge in [0, 0.05) is 32.6 Å². The minimum absolute atomic E-state index is 0.136. The molecule has 6 heteroatoms. The lowest BCUT2D eigenvalue weighted by Gasteiger charge is -2.37. The summed E-state index contributed by atoms with van der Waals surface area (Å²) >= 11 is 0. The molecule has 3 amide bonds. The highest BCUT2D eigenvalue weighted by molar-refractivity contribution is 6.07. The van der Waals surface area contributed by atoms with Crippen molar-refractivity contribution < 1.29 is 19.4 Å². The molecule has 0 atom stereocenters. The number of nitrogens with one attached hydrogen (secondary N) is 1. The first kappa shape index (κ1) is 10.4. The van der Waals surface area contributed by atoms with Gasteiger partial charge >= 0.3 is 6.03 Å². The summed E-state index contributed by atoms with van der Waals surface area (Å²) in [5, 5.41) is 11.2. The Hall–Kier alpha value is -1.14. The monoisotopic (exact) mass is 214 g/mol. The van der Waals surface area contributed by atoms with Crippen molar-refractivity contribution in [1.82, 2.24) is 10.2 Å². The van der Waals surface area contributed by atoms with E-state index in [0.29, 0.717) is 26.1 Å². The number of aliphatic hydroxyl groups excluding tert-OH is 1. The highest BCUT2D eigenvalue weighted by atomic mass is 16.5. The Morgan fingerprint density at radius 1 is 1.40 bits per heavy atom. The van der Waals surface area contributed by atoms with E-state index in [-0.39, 0.29) is 19.1 Å². The minimum Gasteiger partial charge on any atom is -0.395 e. The first-order valence-corrected chi connectivity index (χ1v) is 5.02. The summed E-state index contributed by atoms with van der Waals surface area (Å²) in [5.74, 6) is -0.260. The third-order valence-corrected chi connectivity index (χ3v) is 3.05. The number of imide groups is 1. The van der Waals surface area contributed by atoms with Gasteiger partial charge in [0.05, 0.1) is 6.61 Å². The summed E-state index contributed by atoms with van der Waals surface area (Å²) in [6.45, 7) is 1.01. The van der Waals surface area contributed by atoms with Crippen LogP contribution in [0.4, 0.5) is 4.79 Å². The molecule has 6 nitrogen and oxygen atoms in total. The van der Waals surface area contributed by atoms with Crippen molar-refractivity contribution in [1.29, 1.82) is 0 Å². The van der Waals surface area contributed by atoms with Crippen molar-refractivity contribution in [2.45, 2.75) is 18.4 Å². The molecule has 2 saturated heterocycles. The van der Waals surface area contributed by atoms with Gasteiger partial charge in [-0.3, -0.25) is 10.1 Å². The normalized spacial score (nSPS) is 24.7. The van der Waals surface area contributed by atoms with Crippen molar-refractivity contribution in [3.63, 3.8) is 0 Å². The molecular weight excluding hydrogens is 200 g/mol. The molecule has 2 fully saturated rings. The number of aliphatic hydroxyl groups is 1. The number of urea groups is 1. The Bertz CT molecular complexity index is 286. The van der Waals surface area contributed by atoms with Crippen LogP contribution in [0.1, 0.15) is 12.8 Å². The summed E-state index contributed by atoms with van der Waals surface area (Å²) in [4.78, 5) is 24.7. The average Bonchev–Trinajstić information content (AvgIpc) is 2.45. The van der Waals surface area contributed by atoms with E-state index in [1.807, 2.05) is 0 Å². The van der Waals surface area contributed by atoms with Gasteiger partial charge < -0.3 is 14.7 Å². The molecule has 2 aliphatic heterocycles. The SMILES string of the molecule is O=C1NC(=O)C2(CCOCC2)N1CCO. The Morgan fingerprint density at radius 3 is 2.67 bits per heavy atom. The van der Waals surface area contributed by atoms with Crippen LogP contribution in [-0.4, -0.2) is 53.8 Å². The van der Waals surface area contributed by atoms with Crippen LogP contribution in [0.3, 0.4) is 0 Å². The second-order valence-electron chi connectivity index (χ2n) is 3.78. The van der Waals surface area contributed by atoms with Crippen molar-refractivity contribution in [2.24, 2.45) is 0 Å². The van der Waals surface area contributed by atoms with Gasteiger partial charge in [-0.25, -0.2) is 4.79 Å². The van der Waals surface area contributed by atoms with Crippen LogP contribution in [0.15, 0.2) is 0 Å². The Labute approximate surface area is 87.2 Å². The zero-order chi connectivity index (χ0) is 10.9. The number of β-amino-alcohol motifs (C(OH)–C–C–N with tert-alkyl or cyclic N) is 1. The topological polar surface area (TPSA) is 78.9 Å². The molecule has 2 aliphatic rings. The lowest BCUT2D eigenvalue weighted by molar-refractivity contribution is -0.131. The Balaban J connectivity index is 2.24. The van der Waals surface area contributed by atoms with E-state index < -0.39 is 11.6 Å². The van der Waals surface area contributed by atoms with E-state index >= 15 is 0 Å². The highest BCUT2D eigenvalue weighted by Gasteiger charge is 2.52. The molecule has 15 heavy (non-hydrogen) atoms. The fourth-order valence-electron chi connectivity index (χ4n) is 2.22. The molecule has 2 rings (SSSR count). The molecule has 0 saturated carbocycles. The molecular formula is C9H14N2O4. The first-order valence-electron chi connectivity index (χ1n) is 5.02. The van der Waals surface area contributed by atoms with Crippen LogP contribution in [0.25, 0.3) is 0 Å². The van der Waals surface area contributed by atoms with Gasteiger partial charge in [0.1, 0.15) is 5.54 Å². The first-order chi connectivity index (χ1) is 7.20. The molecule has 84 valence electrons. The Kier molecular flexibility index (Phi) is 2.62. The number of hydrogen-bond acceptors (Lipinski definition) is 4. The number of carbonyl (C=O) groups excluding carboxylic acids is 2. The zero-order valence-corrected chi connectivity index (χ0v) is 8.36. The van der Waals surface area contributed by atoms with Gasteiger partial charge in [-0.15, -0.1) is 0 Å². The second-order valence-corrected chi connectivity index (χ2v) is 3.78. The van der Waals surface area contributed by atoms with Gasteiger partial charge in [-0.05, 0) is 0 Å². The van der Waals surface area contributed by atoms with E-state index in [0.717, 1.165) is 0 Å². The van der Waals surface area contributed by atoms with Gasteiger partial charge in [0.25, 0.3) is 5.91 Å². The van der Waals surface area contributed by atoms with Crippen LogP contribution in [0.5, 0.6) is 0 Å². The molecule has 1 spiro atoms. The van der Waals surface area contributed by atoms with Crippen LogP contribution in [-0.2, 0) is 9.53 Å². The zero-order valence-electron chi connectivity index (χ0n) is 8.36. The minimum atomic E-state index is -0.780. The van der Waals surface area contributed by atoms with E-state index in [9.17, 15) is 9.59 Å². The van der Waals surface area contributed by atoms with Gasteiger partial charge in [-0.2, -0.15) is 0 Å². The van der Waals surface area contributed by atoms with Crippen molar-refractivity contribution in [3.8, 4) is 0 Å². The van der Waals surface area contributed by atoms with E-state index in [4.69, 9.17) is 9.84 Å². The van der Waals surface area contributed by atoms with Gasteiger partial charge in [0.15, 0.2) is 0 Å². The third-order valence-electron chi connectivity index (χ3n) is 3.05. The predicted molar refractivity (Wildman–Crippen MR) is 50.1 cm³/mol. The fraction of sp³-hybridized carbons (Fsp3) is 0.778. The summed E-state index contributed by atoms with van der Waals surface area (Å²) in [5.41, 5.74) is -0.780. The predicted octanol–water partition coefficient (Wildman–Crippen LogP) is -0.920. The van der Waals surface area contributed by atoms with E-state index in [2.05, 4.69) is 5.32 Å². The Morgan fingerprint density at radius 2 is 2.07 bits per heavy atom. The van der Waals surface area contributed by atoms with Crippen LogP contribution in [0.2, 0.25) is 0 Å². The fourth-order valence-corrected chi connectivity index (χ4v) is 2.22. The van der Waals surface area contributed by atoms with Crippen LogP contribution >= 0.6 is 0 Å². The standard InChI is InChI=1S/C9H14N2O4/c12-4-3-11-8(14)10-7(13)9(11)1-5-15-6-2-9/h12H,1-6H2,(H,10,13,14). The van der Waals surface area contributed by atoms with E-state index in [1.54, 1.807) is 0 Å². The molecule has 0 aromatic rings. The number of rotatable bonds is 2. The molecule has 0 aromatic carbocycles. The third kappa shape index (κ3) is 1.49. The molecule has 0 aliphatic carbocycles. The molecule has 2 N–H and O–H groups in total. The maximum Gasteiger partial charge on any atom is 0.325 e. The average molecular weight is 214 g/mol. The largest absolute Gasteiger partial charge is 0.395 e. The maximum atomic E-state index is 11.7. The quantitative estimate of drug-likeness (QED) is 0.583. The maximum absolute atomic E-state index is 11.7. The number of hydrogen-bond donors (Lipinski definition) is 2. The summed E-state index contributed by atoms with van der Waals surface area (Å²) < 4.78 is 5.19. The number of nitrogens with zero attached hydrogens (tertiary/aromatic N) is 1. The van der Waals surface area contributed by atoms with Gasteiger partial charge in [0.2, 0.25) is 0 Å². The number of carbonyl (C=O) groups is 2. The molecule has 0 radical (unpaired) electrons. The van der Waals surface area contributed by atoms with Crippen molar-refractivity contribution in [3.05, 3.63) is 0 Å². The smallest absolute Gasteiger partial charge is 0.325 e. The summed E-state index contributed by atoms with van der Waals surface area (Å²) in [7, 11) is 0. The second kappa shape index (κ2) is 3.79. The number of ether oxygens (including phenoxy) is 1. The summed E-state index contributed by atoms with van der Waals surface area (Å²) in [6.07, 6.45) is 1.01. The van der Waals surface area contributed by atoms with Crippen LogP contribution < -0.4 is 5.32 Å². The molecule has 0 aromatic heterocycles. The summed E-state index contributed by atoms with van der Waals surface area (Å²) in [6, 6.07) is -0.407. The lowest BCUT2D eigenvalue weighted by Crippen LogP contribution is -2.53. The van der Waals surface area contributed by atoms with E-state index in [1.165, 1.54) is 4.90 Å². The highest BCUT2D eigenvalue weighted by Crippen LogP contribution is 2.31. The van der Waals surface area contributed by atoms with Crippen molar-refractivity contribution in [2.75, 3.05) is 26.4 Å². The molecule has 2 heterocycles. The number of amides is 3. The van der Waals surface area contributed by atoms with Gasteiger partial charge in [-0.1, -0.05) is 0 Å². The molecule has 0 unspecified atom stereocenters.